The van der Waals surface area contributed by atoms with Crippen molar-refractivity contribution in [1.82, 2.24) is 9.62 Å². The highest BCUT2D eigenvalue weighted by Gasteiger charge is 2.33. The Morgan fingerprint density at radius 3 is 2.45 bits per heavy atom. The number of benzene rings is 2. The molecule has 0 aromatic heterocycles. The van der Waals surface area contributed by atoms with Crippen LogP contribution in [0, 0.1) is 0 Å². The number of hydrogen-bond acceptors (Lipinski definition) is 4. The third kappa shape index (κ3) is 5.36. The first-order valence-corrected chi connectivity index (χ1v) is 11.4. The van der Waals surface area contributed by atoms with Gasteiger partial charge in [0, 0.05) is 25.2 Å². The zero-order valence-corrected chi connectivity index (χ0v) is 18.0. The molecule has 3 rings (SSSR count). The molecular formula is C21H25ClN2O4S. The Labute approximate surface area is 176 Å². The third-order valence-electron chi connectivity index (χ3n) is 4.74. The van der Waals surface area contributed by atoms with Crippen molar-refractivity contribution in [1.29, 1.82) is 0 Å². The summed E-state index contributed by atoms with van der Waals surface area (Å²) in [5.74, 6) is -0.335. The highest BCUT2D eigenvalue weighted by molar-refractivity contribution is 7.89. The average Bonchev–Trinajstić information content (AvgIpc) is 2.68. The van der Waals surface area contributed by atoms with E-state index < -0.39 is 10.0 Å². The number of nitrogens with one attached hydrogen (secondary N) is 1. The van der Waals surface area contributed by atoms with Crippen LogP contribution >= 0.6 is 11.6 Å². The van der Waals surface area contributed by atoms with Crippen molar-refractivity contribution in [2.45, 2.75) is 37.4 Å². The fourth-order valence-electron chi connectivity index (χ4n) is 3.38. The molecule has 29 heavy (non-hydrogen) atoms. The summed E-state index contributed by atoms with van der Waals surface area (Å²) in [6.45, 7) is 4.60. The maximum atomic E-state index is 13.1. The van der Waals surface area contributed by atoms with Gasteiger partial charge in [-0.3, -0.25) is 4.79 Å². The molecule has 1 aliphatic rings. The van der Waals surface area contributed by atoms with Gasteiger partial charge in [-0.2, -0.15) is 4.31 Å². The molecule has 1 fully saturated rings. The topological polar surface area (TPSA) is 75.7 Å². The number of carbonyl (C=O) groups excluding carboxylic acids is 1. The van der Waals surface area contributed by atoms with Crippen molar-refractivity contribution < 1.29 is 17.9 Å². The van der Waals surface area contributed by atoms with Crippen LogP contribution in [0.2, 0.25) is 5.02 Å². The average molecular weight is 437 g/mol. The Morgan fingerprint density at radius 1 is 1.14 bits per heavy atom. The summed E-state index contributed by atoms with van der Waals surface area (Å²) in [6, 6.07) is 14.1. The first-order chi connectivity index (χ1) is 13.8. The van der Waals surface area contributed by atoms with Gasteiger partial charge < -0.3 is 10.1 Å². The second-order valence-corrected chi connectivity index (χ2v) is 9.53. The molecule has 6 nitrogen and oxygen atoms in total. The van der Waals surface area contributed by atoms with E-state index in [4.69, 9.17) is 16.3 Å². The summed E-state index contributed by atoms with van der Waals surface area (Å²) in [5.41, 5.74) is 1.37. The number of carbonyl (C=O) groups is 1. The number of ether oxygens (including phenoxy) is 1. The quantitative estimate of drug-likeness (QED) is 0.754. The van der Waals surface area contributed by atoms with Gasteiger partial charge in [-0.05, 0) is 44.0 Å². The number of halogens is 1. The Kier molecular flexibility index (Phi) is 6.95. The van der Waals surface area contributed by atoms with Crippen molar-refractivity contribution in [2.75, 3.05) is 19.6 Å². The Bertz CT molecular complexity index is 956. The van der Waals surface area contributed by atoms with Gasteiger partial charge in [0.1, 0.15) is 4.90 Å². The summed E-state index contributed by atoms with van der Waals surface area (Å²) in [5, 5.41) is 2.92. The molecule has 1 N–H and O–H groups in total. The van der Waals surface area contributed by atoms with Gasteiger partial charge in [0.2, 0.25) is 10.0 Å². The number of amides is 1. The van der Waals surface area contributed by atoms with E-state index in [2.05, 4.69) is 5.32 Å². The van der Waals surface area contributed by atoms with Crippen LogP contribution in [0.15, 0.2) is 53.4 Å². The maximum Gasteiger partial charge on any atom is 0.251 e. The fourth-order valence-corrected chi connectivity index (χ4v) is 5.47. The van der Waals surface area contributed by atoms with E-state index in [1.165, 1.54) is 22.5 Å². The lowest BCUT2D eigenvalue weighted by molar-refractivity contribution is -0.0440. The summed E-state index contributed by atoms with van der Waals surface area (Å²) in [6.07, 6.45) is 0.267. The summed E-state index contributed by atoms with van der Waals surface area (Å²) in [4.78, 5) is 12.5. The number of nitrogens with zero attached hydrogens (tertiary/aromatic N) is 1. The first kappa shape index (κ1) is 21.8. The molecule has 0 spiro atoms. The predicted molar refractivity (Wildman–Crippen MR) is 113 cm³/mol. The normalized spacial score (nSPS) is 20.4. The largest absolute Gasteiger partial charge is 0.373 e. The minimum Gasteiger partial charge on any atom is -0.373 e. The Hall–Kier alpha value is -1.93. The maximum absolute atomic E-state index is 13.1. The smallest absolute Gasteiger partial charge is 0.251 e. The van der Waals surface area contributed by atoms with Crippen LogP contribution in [-0.4, -0.2) is 50.5 Å². The standard InChI is InChI=1S/C21H25ClN2O4S/c1-15-13-24(14-16(2)28-15)29(26,27)20-12-18(8-9-19(20)22)21(25)23-11-10-17-6-4-3-5-7-17/h3-9,12,15-16H,10-11,13-14H2,1-2H3,(H,23,25). The summed E-state index contributed by atoms with van der Waals surface area (Å²) >= 11 is 6.19. The molecule has 2 unspecified atom stereocenters. The van der Waals surface area contributed by atoms with Crippen molar-refractivity contribution in [3.63, 3.8) is 0 Å². The van der Waals surface area contributed by atoms with Gasteiger partial charge in [-0.25, -0.2) is 8.42 Å². The van der Waals surface area contributed by atoms with Gasteiger partial charge in [-0.1, -0.05) is 41.9 Å². The highest BCUT2D eigenvalue weighted by atomic mass is 35.5. The molecule has 0 aliphatic carbocycles. The summed E-state index contributed by atoms with van der Waals surface area (Å²) in [7, 11) is -3.84. The molecule has 2 atom stereocenters. The zero-order valence-electron chi connectivity index (χ0n) is 16.5. The predicted octanol–water partition coefficient (Wildman–Crippen LogP) is 3.11. The molecule has 2 aromatic carbocycles. The van der Waals surface area contributed by atoms with Crippen molar-refractivity contribution in [3.8, 4) is 0 Å². The fraction of sp³-hybridized carbons (Fsp3) is 0.381. The Balaban J connectivity index is 1.74. The van der Waals surface area contributed by atoms with E-state index in [9.17, 15) is 13.2 Å². The van der Waals surface area contributed by atoms with Crippen molar-refractivity contribution >= 4 is 27.5 Å². The van der Waals surface area contributed by atoms with E-state index in [0.29, 0.717) is 13.0 Å². The van der Waals surface area contributed by atoms with Gasteiger partial charge in [-0.15, -0.1) is 0 Å². The first-order valence-electron chi connectivity index (χ1n) is 9.54. The number of morpholine rings is 1. The highest BCUT2D eigenvalue weighted by Crippen LogP contribution is 2.28. The van der Waals surface area contributed by atoms with Crippen LogP contribution in [0.1, 0.15) is 29.8 Å². The monoisotopic (exact) mass is 436 g/mol. The number of sulfonamides is 1. The van der Waals surface area contributed by atoms with E-state index in [0.717, 1.165) is 5.56 Å². The second-order valence-electron chi connectivity index (χ2n) is 7.22. The minimum atomic E-state index is -3.84. The number of rotatable bonds is 6. The van der Waals surface area contributed by atoms with Gasteiger partial charge >= 0.3 is 0 Å². The molecule has 0 saturated carbocycles. The lowest BCUT2D eigenvalue weighted by atomic mass is 10.1. The SMILES string of the molecule is CC1CN(S(=O)(=O)c2cc(C(=O)NCCc3ccccc3)ccc2Cl)CC(C)O1. The summed E-state index contributed by atoms with van der Waals surface area (Å²) < 4.78 is 33.2. The zero-order chi connectivity index (χ0) is 21.0. The van der Waals surface area contributed by atoms with E-state index in [1.807, 2.05) is 44.2 Å². The Morgan fingerprint density at radius 2 is 1.79 bits per heavy atom. The van der Waals surface area contributed by atoms with Crippen LogP contribution in [0.25, 0.3) is 0 Å². The third-order valence-corrected chi connectivity index (χ3v) is 7.05. The molecule has 8 heteroatoms. The van der Waals surface area contributed by atoms with Gasteiger partial charge in [0.15, 0.2) is 0 Å². The molecule has 1 heterocycles. The van der Waals surface area contributed by atoms with Crippen LogP contribution in [-0.2, 0) is 21.2 Å². The molecule has 0 bridgehead atoms. The lowest BCUT2D eigenvalue weighted by Crippen LogP contribution is -2.48. The van der Waals surface area contributed by atoms with Gasteiger partial charge in [0.05, 0.1) is 17.2 Å². The molecule has 156 valence electrons. The van der Waals surface area contributed by atoms with Crippen LogP contribution in [0.5, 0.6) is 0 Å². The van der Waals surface area contributed by atoms with Crippen LogP contribution in [0.3, 0.4) is 0 Å². The minimum absolute atomic E-state index is 0.0591. The van der Waals surface area contributed by atoms with E-state index in [1.54, 1.807) is 0 Å². The molecule has 1 saturated heterocycles. The molecule has 0 radical (unpaired) electrons. The van der Waals surface area contributed by atoms with E-state index >= 15 is 0 Å². The van der Waals surface area contributed by atoms with Crippen LogP contribution in [0.4, 0.5) is 0 Å². The molecular weight excluding hydrogens is 412 g/mol. The van der Waals surface area contributed by atoms with Crippen LogP contribution < -0.4 is 5.32 Å². The second kappa shape index (κ2) is 9.26. The van der Waals surface area contributed by atoms with Crippen molar-refractivity contribution in [2.24, 2.45) is 0 Å². The number of hydrogen-bond donors (Lipinski definition) is 1. The van der Waals surface area contributed by atoms with Gasteiger partial charge in [0.25, 0.3) is 5.91 Å². The van der Waals surface area contributed by atoms with E-state index in [-0.39, 0.29) is 46.7 Å². The van der Waals surface area contributed by atoms with Crippen molar-refractivity contribution in [3.05, 3.63) is 64.7 Å². The molecule has 2 aromatic rings. The molecule has 1 amide bonds. The molecule has 1 aliphatic heterocycles. The lowest BCUT2D eigenvalue weighted by Gasteiger charge is -2.34.